The number of hydrogen-bond donors (Lipinski definition) is 2. The third kappa shape index (κ3) is 4.90. The average Bonchev–Trinajstić information content (AvgIpc) is 2.54. The minimum absolute atomic E-state index is 0.0143. The molecule has 0 aliphatic rings. The molecule has 4 heteroatoms. The molecular weight excluding hydrogens is 303 g/mol. The number of nitrogens with one attached hydrogen (secondary N) is 2. The van der Waals surface area contributed by atoms with E-state index in [2.05, 4.69) is 31.3 Å². The zero-order valence-corrected chi connectivity index (χ0v) is 14.7. The van der Waals surface area contributed by atoms with Gasteiger partial charge in [-0.15, -0.1) is 0 Å². The maximum absolute atomic E-state index is 13.2. The van der Waals surface area contributed by atoms with Crippen LogP contribution in [0.1, 0.15) is 30.5 Å². The predicted octanol–water partition coefficient (Wildman–Crippen LogP) is 2.60. The molecule has 0 aliphatic heterocycles. The van der Waals surface area contributed by atoms with Crippen molar-refractivity contribution >= 4 is 11.6 Å². The topological polar surface area (TPSA) is 33.5 Å². The molecule has 0 saturated carbocycles. The SMILES string of the molecule is CCc1cccc(CC)c1NC(=O)C[NH+](C)Cc1cccc(F)c1. The Morgan fingerprint density at radius 3 is 2.29 bits per heavy atom. The first-order valence-corrected chi connectivity index (χ1v) is 8.49. The Morgan fingerprint density at radius 2 is 1.71 bits per heavy atom. The molecule has 0 saturated heterocycles. The van der Waals surface area contributed by atoms with Crippen molar-refractivity contribution in [2.75, 3.05) is 18.9 Å². The second-order valence-corrected chi connectivity index (χ2v) is 6.15. The summed E-state index contributed by atoms with van der Waals surface area (Å²) in [5.74, 6) is -0.256. The Bertz CT molecular complexity index is 678. The molecule has 24 heavy (non-hydrogen) atoms. The van der Waals surface area contributed by atoms with Crippen molar-refractivity contribution in [2.24, 2.45) is 0 Å². The van der Waals surface area contributed by atoms with Crippen LogP contribution in [0.2, 0.25) is 0 Å². The number of aryl methyl sites for hydroxylation is 2. The van der Waals surface area contributed by atoms with E-state index >= 15 is 0 Å². The van der Waals surface area contributed by atoms with Gasteiger partial charge in [-0.3, -0.25) is 4.79 Å². The first kappa shape index (κ1) is 18.1. The Kier molecular flexibility index (Phi) is 6.50. The normalized spacial score (nSPS) is 12.0. The fraction of sp³-hybridized carbons (Fsp3) is 0.350. The minimum Gasteiger partial charge on any atom is -0.326 e. The Labute approximate surface area is 143 Å². The van der Waals surface area contributed by atoms with E-state index in [0.717, 1.165) is 40.1 Å². The molecule has 2 rings (SSSR count). The minimum atomic E-state index is -0.241. The summed E-state index contributed by atoms with van der Waals surface area (Å²) < 4.78 is 13.2. The second-order valence-electron chi connectivity index (χ2n) is 6.15. The van der Waals surface area contributed by atoms with Gasteiger partial charge in [-0.1, -0.05) is 44.2 Å². The molecule has 0 spiro atoms. The van der Waals surface area contributed by atoms with Crippen molar-refractivity contribution in [3.63, 3.8) is 0 Å². The van der Waals surface area contributed by atoms with Gasteiger partial charge in [0.05, 0.1) is 7.05 Å². The lowest BCUT2D eigenvalue weighted by molar-refractivity contribution is -0.885. The van der Waals surface area contributed by atoms with Crippen molar-refractivity contribution in [2.45, 2.75) is 33.2 Å². The van der Waals surface area contributed by atoms with E-state index in [0.29, 0.717) is 13.1 Å². The van der Waals surface area contributed by atoms with Gasteiger partial charge < -0.3 is 10.2 Å². The van der Waals surface area contributed by atoms with E-state index in [1.807, 2.05) is 19.2 Å². The van der Waals surface area contributed by atoms with E-state index in [1.54, 1.807) is 6.07 Å². The van der Waals surface area contributed by atoms with E-state index in [-0.39, 0.29) is 11.7 Å². The van der Waals surface area contributed by atoms with Crippen molar-refractivity contribution in [1.82, 2.24) is 0 Å². The summed E-state index contributed by atoms with van der Waals surface area (Å²) in [6.07, 6.45) is 1.77. The van der Waals surface area contributed by atoms with Gasteiger partial charge in [0.2, 0.25) is 0 Å². The van der Waals surface area contributed by atoms with Crippen molar-refractivity contribution < 1.29 is 14.1 Å². The smallest absolute Gasteiger partial charge is 0.279 e. The molecule has 2 N–H and O–H groups in total. The van der Waals surface area contributed by atoms with Gasteiger partial charge in [0, 0.05) is 11.3 Å². The number of carbonyl (C=O) groups is 1. The number of halogens is 1. The van der Waals surface area contributed by atoms with Crippen LogP contribution in [0.25, 0.3) is 0 Å². The number of amides is 1. The molecule has 0 aliphatic carbocycles. The molecule has 1 unspecified atom stereocenters. The molecule has 1 atom stereocenters. The van der Waals surface area contributed by atoms with E-state index in [9.17, 15) is 9.18 Å². The van der Waals surface area contributed by atoms with Crippen LogP contribution in [0.15, 0.2) is 42.5 Å². The zero-order valence-electron chi connectivity index (χ0n) is 14.7. The summed E-state index contributed by atoms with van der Waals surface area (Å²) in [5, 5.41) is 3.08. The number of quaternary nitrogens is 1. The van der Waals surface area contributed by atoms with Crippen LogP contribution in [-0.4, -0.2) is 19.5 Å². The van der Waals surface area contributed by atoms with Gasteiger partial charge in [-0.25, -0.2) is 4.39 Å². The average molecular weight is 329 g/mol. The van der Waals surface area contributed by atoms with Crippen molar-refractivity contribution in [3.8, 4) is 0 Å². The molecule has 0 aromatic heterocycles. The summed E-state index contributed by atoms with van der Waals surface area (Å²) in [6, 6.07) is 12.7. The number of para-hydroxylation sites is 1. The molecule has 3 nitrogen and oxygen atoms in total. The molecule has 1 amide bonds. The van der Waals surface area contributed by atoms with E-state index in [4.69, 9.17) is 0 Å². The van der Waals surface area contributed by atoms with Crippen LogP contribution in [-0.2, 0) is 24.2 Å². The predicted molar refractivity (Wildman–Crippen MR) is 95.7 cm³/mol. The van der Waals surface area contributed by atoms with Gasteiger partial charge in [-0.2, -0.15) is 0 Å². The Hall–Kier alpha value is -2.20. The van der Waals surface area contributed by atoms with Crippen LogP contribution < -0.4 is 10.2 Å². The highest BCUT2D eigenvalue weighted by molar-refractivity contribution is 5.93. The van der Waals surface area contributed by atoms with Gasteiger partial charge in [0.15, 0.2) is 6.54 Å². The highest BCUT2D eigenvalue weighted by Crippen LogP contribution is 2.22. The van der Waals surface area contributed by atoms with Crippen molar-refractivity contribution in [3.05, 3.63) is 65.0 Å². The Morgan fingerprint density at radius 1 is 1.08 bits per heavy atom. The number of hydrogen-bond acceptors (Lipinski definition) is 1. The third-order valence-corrected chi connectivity index (χ3v) is 4.12. The lowest BCUT2D eigenvalue weighted by atomic mass is 10.0. The van der Waals surface area contributed by atoms with Crippen LogP contribution in [0, 0.1) is 5.82 Å². The van der Waals surface area contributed by atoms with E-state index in [1.165, 1.54) is 12.1 Å². The van der Waals surface area contributed by atoms with Crippen molar-refractivity contribution in [1.29, 1.82) is 0 Å². The first-order chi connectivity index (χ1) is 11.5. The maximum Gasteiger partial charge on any atom is 0.279 e. The fourth-order valence-corrected chi connectivity index (χ4v) is 2.92. The molecule has 128 valence electrons. The fourth-order valence-electron chi connectivity index (χ4n) is 2.92. The van der Waals surface area contributed by atoms with Gasteiger partial charge in [0.1, 0.15) is 12.4 Å². The number of anilines is 1. The Balaban J connectivity index is 2.00. The number of likely N-dealkylation sites (N-methyl/N-ethyl adjacent to an activating group) is 1. The zero-order chi connectivity index (χ0) is 17.5. The molecule has 0 bridgehead atoms. The third-order valence-electron chi connectivity index (χ3n) is 4.12. The highest BCUT2D eigenvalue weighted by atomic mass is 19.1. The summed E-state index contributed by atoms with van der Waals surface area (Å²) in [5.41, 5.74) is 4.16. The molecule has 0 fully saturated rings. The number of benzene rings is 2. The number of rotatable bonds is 7. The molecule has 2 aromatic carbocycles. The maximum atomic E-state index is 13.2. The first-order valence-electron chi connectivity index (χ1n) is 8.49. The molecule has 0 radical (unpaired) electrons. The van der Waals surface area contributed by atoms with Gasteiger partial charge in [-0.05, 0) is 36.1 Å². The molecular formula is C20H26FN2O+. The van der Waals surface area contributed by atoms with Crippen LogP contribution in [0.3, 0.4) is 0 Å². The molecule has 0 heterocycles. The van der Waals surface area contributed by atoms with Crippen LogP contribution >= 0.6 is 0 Å². The largest absolute Gasteiger partial charge is 0.326 e. The van der Waals surface area contributed by atoms with Crippen LogP contribution in [0.5, 0.6) is 0 Å². The van der Waals surface area contributed by atoms with Gasteiger partial charge >= 0.3 is 0 Å². The lowest BCUT2D eigenvalue weighted by Crippen LogP contribution is -3.08. The monoisotopic (exact) mass is 329 g/mol. The molecule has 2 aromatic rings. The highest BCUT2D eigenvalue weighted by Gasteiger charge is 2.14. The quantitative estimate of drug-likeness (QED) is 0.804. The summed E-state index contributed by atoms with van der Waals surface area (Å²) in [4.78, 5) is 13.4. The van der Waals surface area contributed by atoms with E-state index < -0.39 is 0 Å². The van der Waals surface area contributed by atoms with Gasteiger partial charge in [0.25, 0.3) is 5.91 Å². The van der Waals surface area contributed by atoms with Crippen LogP contribution in [0.4, 0.5) is 10.1 Å². The summed E-state index contributed by atoms with van der Waals surface area (Å²) in [6.45, 7) is 5.14. The summed E-state index contributed by atoms with van der Waals surface area (Å²) >= 11 is 0. The number of carbonyl (C=O) groups excluding carboxylic acids is 1. The summed E-state index contributed by atoms with van der Waals surface area (Å²) in [7, 11) is 1.94. The standard InChI is InChI=1S/C20H25FN2O/c1-4-16-9-7-10-17(5-2)20(16)22-19(24)14-23(3)13-15-8-6-11-18(21)12-15/h6-12H,4-5,13-14H2,1-3H3,(H,22,24)/p+1. The lowest BCUT2D eigenvalue weighted by Gasteiger charge is -2.17. The second kappa shape index (κ2) is 8.60.